The molecule has 4 nitrogen and oxygen atoms in total. The molecule has 1 aliphatic rings. The summed E-state index contributed by atoms with van der Waals surface area (Å²) >= 11 is 0. The lowest BCUT2D eigenvalue weighted by Crippen LogP contribution is -2.16. The van der Waals surface area contributed by atoms with Gasteiger partial charge in [-0.1, -0.05) is 12.8 Å². The molecular weight excluding hydrogens is 202 g/mol. The number of nitrogens with zero attached hydrogens (tertiary/aromatic N) is 2. The number of rotatable bonds is 5. The summed E-state index contributed by atoms with van der Waals surface area (Å²) in [5.41, 5.74) is 6.93. The van der Waals surface area contributed by atoms with Gasteiger partial charge in [0.05, 0.1) is 24.7 Å². The van der Waals surface area contributed by atoms with Crippen molar-refractivity contribution in [3.05, 3.63) is 18.2 Å². The van der Waals surface area contributed by atoms with Crippen LogP contribution in [0.25, 0.3) is 0 Å². The highest BCUT2D eigenvalue weighted by Crippen LogP contribution is 2.20. The van der Waals surface area contributed by atoms with Gasteiger partial charge < -0.3 is 15.0 Å². The van der Waals surface area contributed by atoms with E-state index in [0.717, 1.165) is 18.8 Å². The van der Waals surface area contributed by atoms with Crippen molar-refractivity contribution < 1.29 is 4.74 Å². The maximum Gasteiger partial charge on any atom is 0.0949 e. The molecule has 1 atom stereocenters. The highest BCUT2D eigenvalue weighted by atomic mass is 16.5. The van der Waals surface area contributed by atoms with Crippen molar-refractivity contribution in [1.82, 2.24) is 9.55 Å². The van der Waals surface area contributed by atoms with E-state index in [0.29, 0.717) is 6.10 Å². The zero-order chi connectivity index (χ0) is 11.4. The van der Waals surface area contributed by atoms with Crippen molar-refractivity contribution >= 4 is 0 Å². The lowest BCUT2D eigenvalue weighted by Gasteiger charge is -2.14. The first-order valence-electron chi connectivity index (χ1n) is 6.14. The molecule has 0 aromatic carbocycles. The molecule has 0 spiro atoms. The normalized spacial score (nSPS) is 19.1. The van der Waals surface area contributed by atoms with E-state index >= 15 is 0 Å². The second kappa shape index (κ2) is 5.46. The molecule has 1 aliphatic carbocycles. The van der Waals surface area contributed by atoms with Crippen molar-refractivity contribution in [3.63, 3.8) is 0 Å². The van der Waals surface area contributed by atoms with Gasteiger partial charge in [-0.15, -0.1) is 0 Å². The standard InChI is InChI=1S/C12H21N3O/c1-10(13)12-8-14-9-15(12)6-7-16-11-4-2-3-5-11/h8-11H,2-7,13H2,1H3/t10-/m1/s1. The Morgan fingerprint density at radius 1 is 1.56 bits per heavy atom. The van der Waals surface area contributed by atoms with E-state index in [9.17, 15) is 0 Å². The summed E-state index contributed by atoms with van der Waals surface area (Å²) in [7, 11) is 0. The number of ether oxygens (including phenoxy) is 1. The van der Waals surface area contributed by atoms with Gasteiger partial charge in [0.15, 0.2) is 0 Å². The summed E-state index contributed by atoms with van der Waals surface area (Å²) in [6, 6.07) is 0.0361. The zero-order valence-electron chi connectivity index (χ0n) is 9.93. The van der Waals surface area contributed by atoms with Crippen LogP contribution in [0.3, 0.4) is 0 Å². The number of hydrogen-bond donors (Lipinski definition) is 1. The van der Waals surface area contributed by atoms with E-state index in [2.05, 4.69) is 9.55 Å². The van der Waals surface area contributed by atoms with E-state index < -0.39 is 0 Å². The third-order valence-electron chi connectivity index (χ3n) is 3.20. The van der Waals surface area contributed by atoms with Gasteiger partial charge in [-0.05, 0) is 19.8 Å². The number of aromatic nitrogens is 2. The molecular formula is C12H21N3O. The third kappa shape index (κ3) is 2.83. The van der Waals surface area contributed by atoms with Crippen LogP contribution in [0.4, 0.5) is 0 Å². The van der Waals surface area contributed by atoms with Crippen molar-refractivity contribution in [2.24, 2.45) is 5.73 Å². The molecule has 0 saturated heterocycles. The maximum atomic E-state index is 5.85. The summed E-state index contributed by atoms with van der Waals surface area (Å²) < 4.78 is 7.90. The van der Waals surface area contributed by atoms with Crippen LogP contribution >= 0.6 is 0 Å². The van der Waals surface area contributed by atoms with E-state index in [1.54, 1.807) is 0 Å². The molecule has 2 N–H and O–H groups in total. The molecule has 0 amide bonds. The average molecular weight is 223 g/mol. The highest BCUT2D eigenvalue weighted by molar-refractivity contribution is 5.02. The second-order valence-corrected chi connectivity index (χ2v) is 4.58. The van der Waals surface area contributed by atoms with Crippen LogP contribution in [0.1, 0.15) is 44.3 Å². The lowest BCUT2D eigenvalue weighted by atomic mass is 10.3. The van der Waals surface area contributed by atoms with Gasteiger partial charge in [-0.3, -0.25) is 0 Å². The lowest BCUT2D eigenvalue weighted by molar-refractivity contribution is 0.0525. The topological polar surface area (TPSA) is 53.1 Å². The minimum atomic E-state index is 0.0361. The number of nitrogens with two attached hydrogens (primary N) is 1. The highest BCUT2D eigenvalue weighted by Gasteiger charge is 2.15. The maximum absolute atomic E-state index is 5.85. The summed E-state index contributed by atoms with van der Waals surface area (Å²) in [6.07, 6.45) is 9.24. The van der Waals surface area contributed by atoms with Crippen LogP contribution in [0.2, 0.25) is 0 Å². The van der Waals surface area contributed by atoms with Crippen molar-refractivity contribution in [2.75, 3.05) is 6.61 Å². The van der Waals surface area contributed by atoms with Gasteiger partial charge in [-0.2, -0.15) is 0 Å². The molecule has 16 heavy (non-hydrogen) atoms. The van der Waals surface area contributed by atoms with E-state index in [1.165, 1.54) is 25.7 Å². The second-order valence-electron chi connectivity index (χ2n) is 4.58. The molecule has 90 valence electrons. The number of hydrogen-bond acceptors (Lipinski definition) is 3. The third-order valence-corrected chi connectivity index (χ3v) is 3.20. The molecule has 1 heterocycles. The van der Waals surface area contributed by atoms with Crippen molar-refractivity contribution in [2.45, 2.75) is 51.3 Å². The summed E-state index contributed by atoms with van der Waals surface area (Å²) in [4.78, 5) is 4.12. The van der Waals surface area contributed by atoms with Crippen LogP contribution in [-0.4, -0.2) is 22.3 Å². The predicted octanol–water partition coefficient (Wildman–Crippen LogP) is 1.86. The minimum absolute atomic E-state index is 0.0361. The molecule has 1 aromatic heterocycles. The molecule has 0 bridgehead atoms. The fraction of sp³-hybridized carbons (Fsp3) is 0.750. The molecule has 1 aromatic rings. The van der Waals surface area contributed by atoms with Gasteiger partial charge in [0, 0.05) is 18.8 Å². The fourth-order valence-corrected chi connectivity index (χ4v) is 2.27. The Morgan fingerprint density at radius 3 is 3.00 bits per heavy atom. The SMILES string of the molecule is C[C@@H](N)c1cncn1CCOC1CCCC1. The van der Waals surface area contributed by atoms with Gasteiger partial charge >= 0.3 is 0 Å². The van der Waals surface area contributed by atoms with Crippen molar-refractivity contribution in [1.29, 1.82) is 0 Å². The molecule has 4 heteroatoms. The van der Waals surface area contributed by atoms with Gasteiger partial charge in [0.2, 0.25) is 0 Å². The fourth-order valence-electron chi connectivity index (χ4n) is 2.27. The molecule has 0 aliphatic heterocycles. The average Bonchev–Trinajstić information content (AvgIpc) is 2.87. The van der Waals surface area contributed by atoms with E-state index in [1.807, 2.05) is 19.4 Å². The molecule has 1 fully saturated rings. The van der Waals surface area contributed by atoms with Crippen molar-refractivity contribution in [3.8, 4) is 0 Å². The summed E-state index contributed by atoms with van der Waals surface area (Å²) in [6.45, 7) is 3.60. The summed E-state index contributed by atoms with van der Waals surface area (Å²) in [5.74, 6) is 0. The zero-order valence-corrected chi connectivity index (χ0v) is 9.93. The van der Waals surface area contributed by atoms with Gasteiger partial charge in [-0.25, -0.2) is 4.98 Å². The Labute approximate surface area is 96.8 Å². The van der Waals surface area contributed by atoms with Crippen LogP contribution < -0.4 is 5.73 Å². The number of imidazole rings is 1. The quantitative estimate of drug-likeness (QED) is 0.829. The first-order valence-corrected chi connectivity index (χ1v) is 6.14. The van der Waals surface area contributed by atoms with E-state index in [-0.39, 0.29) is 6.04 Å². The molecule has 1 saturated carbocycles. The van der Waals surface area contributed by atoms with Crippen LogP contribution in [-0.2, 0) is 11.3 Å². The van der Waals surface area contributed by atoms with Gasteiger partial charge in [0.25, 0.3) is 0 Å². The molecule has 0 radical (unpaired) electrons. The Bertz CT molecular complexity index is 316. The first-order chi connectivity index (χ1) is 7.77. The predicted molar refractivity (Wildman–Crippen MR) is 63.0 cm³/mol. The van der Waals surface area contributed by atoms with Crippen LogP contribution in [0.15, 0.2) is 12.5 Å². The first kappa shape index (κ1) is 11.6. The minimum Gasteiger partial charge on any atom is -0.376 e. The summed E-state index contributed by atoms with van der Waals surface area (Å²) in [5, 5.41) is 0. The smallest absolute Gasteiger partial charge is 0.0949 e. The Hall–Kier alpha value is -0.870. The largest absolute Gasteiger partial charge is 0.376 e. The van der Waals surface area contributed by atoms with E-state index in [4.69, 9.17) is 10.5 Å². The Morgan fingerprint density at radius 2 is 2.31 bits per heavy atom. The monoisotopic (exact) mass is 223 g/mol. The van der Waals surface area contributed by atoms with Crippen LogP contribution in [0, 0.1) is 0 Å². The van der Waals surface area contributed by atoms with Gasteiger partial charge in [0.1, 0.15) is 0 Å². The Balaban J connectivity index is 1.78. The molecule has 0 unspecified atom stereocenters. The Kier molecular flexibility index (Phi) is 3.96. The molecule has 2 rings (SSSR count). The van der Waals surface area contributed by atoms with Crippen LogP contribution in [0.5, 0.6) is 0 Å².